The number of thioether (sulfide) groups is 1. The van der Waals surface area contributed by atoms with Gasteiger partial charge in [-0.1, -0.05) is 0 Å². The molecule has 1 aliphatic rings. The van der Waals surface area contributed by atoms with Crippen LogP contribution >= 0.6 is 11.8 Å². The van der Waals surface area contributed by atoms with Crippen LogP contribution < -0.4 is 11.1 Å². The largest absolute Gasteiger partial charge is 0.398 e. The van der Waals surface area contributed by atoms with Gasteiger partial charge in [-0.3, -0.25) is 0 Å². The van der Waals surface area contributed by atoms with E-state index in [4.69, 9.17) is 5.73 Å². The molecule has 14 heavy (non-hydrogen) atoms. The molecule has 1 saturated heterocycles. The Labute approximate surface area is 87.1 Å². The maximum Gasteiger partial charge on any atom is 0.124 e. The Bertz CT molecular complexity index is 326. The van der Waals surface area contributed by atoms with E-state index in [0.29, 0.717) is 11.6 Å². The summed E-state index contributed by atoms with van der Waals surface area (Å²) in [5.74, 6) is 1.51. The average molecular weight is 212 g/mol. The Morgan fingerprint density at radius 1 is 1.50 bits per heavy atom. The Balaban J connectivity index is 1.96. The maximum absolute atomic E-state index is 12.9. The van der Waals surface area contributed by atoms with Crippen LogP contribution in [0, 0.1) is 11.7 Å². The molecule has 1 aliphatic heterocycles. The van der Waals surface area contributed by atoms with Crippen LogP contribution in [-0.4, -0.2) is 18.8 Å². The molecule has 1 heterocycles. The summed E-state index contributed by atoms with van der Waals surface area (Å²) in [5.41, 5.74) is 6.40. The first kappa shape index (κ1) is 9.80. The van der Waals surface area contributed by atoms with E-state index >= 15 is 0 Å². The second kappa shape index (κ2) is 4.19. The molecular weight excluding hydrogens is 199 g/mol. The number of halogens is 1. The number of nitrogen functional groups attached to an aromatic ring is 1. The topological polar surface area (TPSA) is 38.0 Å². The van der Waals surface area contributed by atoms with Gasteiger partial charge >= 0.3 is 0 Å². The van der Waals surface area contributed by atoms with Gasteiger partial charge in [0.25, 0.3) is 0 Å². The number of benzene rings is 1. The summed E-state index contributed by atoms with van der Waals surface area (Å²) in [6.45, 7) is 2.14. The van der Waals surface area contributed by atoms with Crippen LogP contribution in [0.5, 0.6) is 0 Å². The molecule has 2 nitrogen and oxygen atoms in total. The Hall–Kier alpha value is -0.740. The van der Waals surface area contributed by atoms with Crippen LogP contribution in [0.3, 0.4) is 0 Å². The molecular formula is C10H13FN2S. The van der Waals surface area contributed by atoms with Crippen molar-refractivity contribution in [2.45, 2.75) is 4.90 Å². The summed E-state index contributed by atoms with van der Waals surface area (Å²) < 4.78 is 12.9. The monoisotopic (exact) mass is 212 g/mol. The fraction of sp³-hybridized carbons (Fsp3) is 0.400. The number of nitrogens with one attached hydrogen (secondary N) is 1. The van der Waals surface area contributed by atoms with Crippen molar-refractivity contribution in [1.82, 2.24) is 5.32 Å². The summed E-state index contributed by atoms with van der Waals surface area (Å²) in [6.07, 6.45) is 0. The predicted molar refractivity (Wildman–Crippen MR) is 57.9 cm³/mol. The van der Waals surface area contributed by atoms with Crippen molar-refractivity contribution in [3.63, 3.8) is 0 Å². The van der Waals surface area contributed by atoms with E-state index in [0.717, 1.165) is 23.7 Å². The fourth-order valence-electron chi connectivity index (χ4n) is 1.31. The molecule has 0 aliphatic carbocycles. The smallest absolute Gasteiger partial charge is 0.124 e. The van der Waals surface area contributed by atoms with Gasteiger partial charge in [-0.05, 0) is 37.2 Å². The normalized spacial score (nSPS) is 16.6. The molecule has 0 radical (unpaired) electrons. The van der Waals surface area contributed by atoms with Gasteiger partial charge in [-0.25, -0.2) is 4.39 Å². The molecule has 2 rings (SSSR count). The summed E-state index contributed by atoms with van der Waals surface area (Å²) in [4.78, 5) is 0.858. The van der Waals surface area contributed by atoms with Crippen molar-refractivity contribution in [1.29, 1.82) is 0 Å². The van der Waals surface area contributed by atoms with Gasteiger partial charge in [0.15, 0.2) is 0 Å². The van der Waals surface area contributed by atoms with Gasteiger partial charge < -0.3 is 11.1 Å². The molecule has 0 spiro atoms. The molecule has 0 saturated carbocycles. The highest BCUT2D eigenvalue weighted by atomic mass is 32.2. The fourth-order valence-corrected chi connectivity index (χ4v) is 2.39. The molecule has 1 aromatic rings. The molecule has 0 unspecified atom stereocenters. The van der Waals surface area contributed by atoms with Gasteiger partial charge in [0.2, 0.25) is 0 Å². The van der Waals surface area contributed by atoms with Crippen LogP contribution in [0.1, 0.15) is 0 Å². The number of hydrogen-bond acceptors (Lipinski definition) is 3. The molecule has 0 bridgehead atoms. The summed E-state index contributed by atoms with van der Waals surface area (Å²) in [7, 11) is 0. The summed E-state index contributed by atoms with van der Waals surface area (Å²) >= 11 is 1.64. The Morgan fingerprint density at radius 3 is 2.93 bits per heavy atom. The molecule has 4 heteroatoms. The highest BCUT2D eigenvalue weighted by molar-refractivity contribution is 7.99. The van der Waals surface area contributed by atoms with Crippen LogP contribution in [-0.2, 0) is 0 Å². The number of nitrogens with two attached hydrogens (primary N) is 1. The second-order valence-electron chi connectivity index (χ2n) is 3.52. The van der Waals surface area contributed by atoms with E-state index in [-0.39, 0.29) is 5.82 Å². The van der Waals surface area contributed by atoms with E-state index in [2.05, 4.69) is 5.32 Å². The van der Waals surface area contributed by atoms with E-state index in [1.807, 2.05) is 0 Å². The van der Waals surface area contributed by atoms with Gasteiger partial charge in [0.05, 0.1) is 0 Å². The van der Waals surface area contributed by atoms with Gasteiger partial charge in [-0.2, -0.15) is 0 Å². The van der Waals surface area contributed by atoms with Crippen molar-refractivity contribution in [3.05, 3.63) is 24.0 Å². The van der Waals surface area contributed by atoms with Gasteiger partial charge in [0, 0.05) is 16.3 Å². The van der Waals surface area contributed by atoms with Crippen LogP contribution in [0.4, 0.5) is 10.1 Å². The van der Waals surface area contributed by atoms with Crippen molar-refractivity contribution < 1.29 is 4.39 Å². The quantitative estimate of drug-likeness (QED) is 0.592. The zero-order valence-electron chi connectivity index (χ0n) is 7.79. The predicted octanol–water partition coefficient (Wildman–Crippen LogP) is 1.72. The number of hydrogen-bond donors (Lipinski definition) is 2. The molecule has 0 aromatic heterocycles. The first-order valence-electron chi connectivity index (χ1n) is 4.64. The first-order valence-corrected chi connectivity index (χ1v) is 5.63. The average Bonchev–Trinajstić information content (AvgIpc) is 2.08. The van der Waals surface area contributed by atoms with Gasteiger partial charge in [-0.15, -0.1) is 11.8 Å². The summed E-state index contributed by atoms with van der Waals surface area (Å²) in [6, 6.07) is 4.52. The van der Waals surface area contributed by atoms with Gasteiger partial charge in [0.1, 0.15) is 5.82 Å². The van der Waals surface area contributed by atoms with Crippen molar-refractivity contribution in [2.75, 3.05) is 24.6 Å². The molecule has 0 atom stereocenters. The van der Waals surface area contributed by atoms with Crippen molar-refractivity contribution in [3.8, 4) is 0 Å². The highest BCUT2D eigenvalue weighted by Gasteiger charge is 2.17. The number of anilines is 1. The van der Waals surface area contributed by atoms with Crippen LogP contribution in [0.15, 0.2) is 23.1 Å². The molecule has 1 fully saturated rings. The lowest BCUT2D eigenvalue weighted by molar-refractivity contribution is 0.385. The molecule has 3 N–H and O–H groups in total. The Morgan fingerprint density at radius 2 is 2.29 bits per heavy atom. The maximum atomic E-state index is 12.9. The van der Waals surface area contributed by atoms with E-state index in [1.165, 1.54) is 12.1 Å². The van der Waals surface area contributed by atoms with Crippen LogP contribution in [0.25, 0.3) is 0 Å². The van der Waals surface area contributed by atoms with Crippen molar-refractivity contribution in [2.24, 2.45) is 5.92 Å². The third kappa shape index (κ3) is 2.19. The minimum atomic E-state index is -0.214. The van der Waals surface area contributed by atoms with E-state index in [9.17, 15) is 4.39 Å². The SMILES string of the molecule is Nc1ccc(F)cc1SCC1CNC1. The highest BCUT2D eigenvalue weighted by Crippen LogP contribution is 2.28. The lowest BCUT2D eigenvalue weighted by Gasteiger charge is -2.26. The Kier molecular flexibility index (Phi) is 2.93. The number of rotatable bonds is 3. The third-order valence-corrected chi connectivity index (χ3v) is 3.62. The van der Waals surface area contributed by atoms with Crippen LogP contribution in [0.2, 0.25) is 0 Å². The lowest BCUT2D eigenvalue weighted by Crippen LogP contribution is -2.43. The minimum Gasteiger partial charge on any atom is -0.398 e. The zero-order valence-corrected chi connectivity index (χ0v) is 8.61. The van der Waals surface area contributed by atoms with Crippen molar-refractivity contribution >= 4 is 17.4 Å². The minimum absolute atomic E-state index is 0.214. The molecule has 76 valence electrons. The summed E-state index contributed by atoms with van der Waals surface area (Å²) in [5, 5.41) is 3.20. The van der Waals surface area contributed by atoms with E-state index < -0.39 is 0 Å². The first-order chi connectivity index (χ1) is 6.75. The lowest BCUT2D eigenvalue weighted by atomic mass is 10.1. The zero-order chi connectivity index (χ0) is 9.97. The third-order valence-electron chi connectivity index (χ3n) is 2.32. The standard InChI is InChI=1S/C10H13FN2S/c11-8-1-2-9(12)10(3-8)14-6-7-4-13-5-7/h1-3,7,13H,4-6,12H2. The second-order valence-corrected chi connectivity index (χ2v) is 4.58. The molecule has 0 amide bonds. The van der Waals surface area contributed by atoms with E-state index in [1.54, 1.807) is 17.8 Å². The molecule has 1 aromatic carbocycles.